The van der Waals surface area contributed by atoms with Crippen LogP contribution in [0.3, 0.4) is 0 Å². The third kappa shape index (κ3) is 2.90. The van der Waals surface area contributed by atoms with Crippen molar-refractivity contribution in [2.45, 2.75) is 38.5 Å². The monoisotopic (exact) mass is 304 g/mol. The van der Waals surface area contributed by atoms with Crippen molar-refractivity contribution in [3.05, 3.63) is 59.4 Å². The average Bonchev–Trinajstić information content (AvgIpc) is 2.51. The third-order valence-corrected chi connectivity index (χ3v) is 4.72. The van der Waals surface area contributed by atoms with Gasteiger partial charge in [0.25, 0.3) is 0 Å². The van der Waals surface area contributed by atoms with Crippen LogP contribution in [0.5, 0.6) is 0 Å². The largest absolute Gasteiger partial charge is 0.206 e. The molecule has 3 heteroatoms. The first kappa shape index (κ1) is 15.1. The summed E-state index contributed by atoms with van der Waals surface area (Å²) in [5, 5.41) is 0. The summed E-state index contributed by atoms with van der Waals surface area (Å²) < 4.78 is 41.5. The Hall–Kier alpha value is -1.77. The van der Waals surface area contributed by atoms with E-state index >= 15 is 0 Å². The van der Waals surface area contributed by atoms with Gasteiger partial charge < -0.3 is 0 Å². The van der Waals surface area contributed by atoms with Crippen molar-refractivity contribution >= 4 is 0 Å². The molecule has 1 aliphatic carbocycles. The summed E-state index contributed by atoms with van der Waals surface area (Å²) in [6.07, 6.45) is 4.45. The van der Waals surface area contributed by atoms with Gasteiger partial charge in [-0.2, -0.15) is 0 Å². The van der Waals surface area contributed by atoms with Gasteiger partial charge in [-0.05, 0) is 42.4 Å². The van der Waals surface area contributed by atoms with Crippen molar-refractivity contribution in [2.75, 3.05) is 0 Å². The Morgan fingerprint density at radius 2 is 1.55 bits per heavy atom. The van der Waals surface area contributed by atoms with Crippen molar-refractivity contribution in [3.8, 4) is 11.1 Å². The van der Waals surface area contributed by atoms with E-state index in [1.807, 2.05) is 6.07 Å². The van der Waals surface area contributed by atoms with E-state index in [1.54, 1.807) is 6.07 Å². The Balaban J connectivity index is 1.91. The summed E-state index contributed by atoms with van der Waals surface area (Å²) in [5.74, 6) is -1.33. The Kier molecular flexibility index (Phi) is 4.23. The minimum Gasteiger partial charge on any atom is -0.206 e. The molecule has 0 bridgehead atoms. The third-order valence-electron chi connectivity index (χ3n) is 4.72. The maximum atomic E-state index is 14.4. The fourth-order valence-electron chi connectivity index (χ4n) is 3.31. The molecule has 0 saturated heterocycles. The predicted molar refractivity (Wildman–Crippen MR) is 82.1 cm³/mol. The van der Waals surface area contributed by atoms with Crippen molar-refractivity contribution in [2.24, 2.45) is 5.92 Å². The minimum absolute atomic E-state index is 0.0266. The van der Waals surface area contributed by atoms with E-state index in [2.05, 4.69) is 6.92 Å². The van der Waals surface area contributed by atoms with E-state index in [0.717, 1.165) is 43.2 Å². The lowest BCUT2D eigenvalue weighted by Crippen LogP contribution is -2.11. The van der Waals surface area contributed by atoms with E-state index in [9.17, 15) is 13.2 Å². The van der Waals surface area contributed by atoms with Gasteiger partial charge in [-0.15, -0.1) is 0 Å². The van der Waals surface area contributed by atoms with Gasteiger partial charge in [0, 0.05) is 11.1 Å². The molecule has 0 atom stereocenters. The number of halogens is 3. The average molecular weight is 304 g/mol. The van der Waals surface area contributed by atoms with Gasteiger partial charge >= 0.3 is 0 Å². The molecule has 0 nitrogen and oxygen atoms in total. The zero-order chi connectivity index (χ0) is 15.7. The molecular formula is C19H19F3. The molecule has 1 saturated carbocycles. The summed E-state index contributed by atoms with van der Waals surface area (Å²) >= 11 is 0. The van der Waals surface area contributed by atoms with Crippen LogP contribution in [-0.2, 0) is 0 Å². The maximum absolute atomic E-state index is 14.4. The molecule has 0 radical (unpaired) electrons. The lowest BCUT2D eigenvalue weighted by Gasteiger charge is -2.26. The zero-order valence-electron chi connectivity index (χ0n) is 12.6. The molecule has 0 amide bonds. The van der Waals surface area contributed by atoms with Crippen LogP contribution < -0.4 is 0 Å². The van der Waals surface area contributed by atoms with E-state index in [-0.39, 0.29) is 11.1 Å². The highest BCUT2D eigenvalue weighted by Crippen LogP contribution is 2.37. The smallest absolute Gasteiger partial charge is 0.166 e. The van der Waals surface area contributed by atoms with E-state index < -0.39 is 17.5 Å². The van der Waals surface area contributed by atoms with Crippen LogP contribution in [-0.4, -0.2) is 0 Å². The van der Waals surface area contributed by atoms with Gasteiger partial charge in [0.2, 0.25) is 0 Å². The molecule has 1 fully saturated rings. The minimum atomic E-state index is -0.999. The van der Waals surface area contributed by atoms with Crippen molar-refractivity contribution in [1.82, 2.24) is 0 Å². The molecule has 22 heavy (non-hydrogen) atoms. The number of hydrogen-bond acceptors (Lipinski definition) is 0. The Labute approximate surface area is 129 Å². The second-order valence-electron chi connectivity index (χ2n) is 6.30. The van der Waals surface area contributed by atoms with Crippen molar-refractivity contribution in [3.63, 3.8) is 0 Å². The molecule has 2 aromatic rings. The normalized spacial score (nSPS) is 21.8. The standard InChI is InChI=1S/C19H19F3/c1-12-5-7-13(8-6-12)14-9-10-15(18(21)11-14)16-3-2-4-17(20)19(16)22/h2-4,9-13H,5-8H2,1H3. The van der Waals surface area contributed by atoms with Gasteiger partial charge in [-0.1, -0.05) is 44.0 Å². The highest BCUT2D eigenvalue weighted by Gasteiger charge is 2.21. The second kappa shape index (κ2) is 6.15. The van der Waals surface area contributed by atoms with Crippen LogP contribution >= 0.6 is 0 Å². The summed E-state index contributed by atoms with van der Waals surface area (Å²) in [7, 11) is 0. The molecule has 0 aliphatic heterocycles. The molecule has 0 N–H and O–H groups in total. The summed E-state index contributed by atoms with van der Waals surface area (Å²) in [4.78, 5) is 0. The fourth-order valence-corrected chi connectivity index (χ4v) is 3.31. The van der Waals surface area contributed by atoms with Gasteiger partial charge in [0.1, 0.15) is 5.82 Å². The first-order valence-corrected chi connectivity index (χ1v) is 7.80. The van der Waals surface area contributed by atoms with Crippen LogP contribution in [0.25, 0.3) is 11.1 Å². The number of rotatable bonds is 2. The predicted octanol–water partition coefficient (Wildman–Crippen LogP) is 6.06. The van der Waals surface area contributed by atoms with Crippen LogP contribution in [0, 0.1) is 23.4 Å². The van der Waals surface area contributed by atoms with Gasteiger partial charge in [0.15, 0.2) is 11.6 Å². The van der Waals surface area contributed by atoms with Crippen LogP contribution in [0.15, 0.2) is 36.4 Å². The van der Waals surface area contributed by atoms with E-state index in [4.69, 9.17) is 0 Å². The van der Waals surface area contributed by atoms with E-state index in [1.165, 1.54) is 18.2 Å². The molecule has 3 rings (SSSR count). The lowest BCUT2D eigenvalue weighted by atomic mass is 9.79. The molecule has 0 heterocycles. The fraction of sp³-hybridized carbons (Fsp3) is 0.368. The van der Waals surface area contributed by atoms with Crippen molar-refractivity contribution in [1.29, 1.82) is 0 Å². The second-order valence-corrected chi connectivity index (χ2v) is 6.30. The molecular weight excluding hydrogens is 285 g/mol. The van der Waals surface area contributed by atoms with Crippen LogP contribution in [0.2, 0.25) is 0 Å². The molecule has 2 aromatic carbocycles. The zero-order valence-corrected chi connectivity index (χ0v) is 12.6. The van der Waals surface area contributed by atoms with Gasteiger partial charge in [0.05, 0.1) is 0 Å². The Morgan fingerprint density at radius 1 is 0.818 bits per heavy atom. The van der Waals surface area contributed by atoms with Crippen LogP contribution in [0.4, 0.5) is 13.2 Å². The summed E-state index contributed by atoms with van der Waals surface area (Å²) in [5.41, 5.74) is 1.05. The van der Waals surface area contributed by atoms with Crippen molar-refractivity contribution < 1.29 is 13.2 Å². The topological polar surface area (TPSA) is 0 Å². The number of benzene rings is 2. The SMILES string of the molecule is CC1CCC(c2ccc(-c3cccc(F)c3F)c(F)c2)CC1. The highest BCUT2D eigenvalue weighted by molar-refractivity contribution is 5.65. The number of hydrogen-bond donors (Lipinski definition) is 0. The quantitative estimate of drug-likeness (QED) is 0.632. The molecule has 0 spiro atoms. The molecule has 116 valence electrons. The highest BCUT2D eigenvalue weighted by atomic mass is 19.2. The first-order valence-electron chi connectivity index (χ1n) is 7.80. The summed E-state index contributed by atoms with van der Waals surface area (Å²) in [6.45, 7) is 2.24. The van der Waals surface area contributed by atoms with Gasteiger partial charge in [-0.25, -0.2) is 13.2 Å². The molecule has 1 aliphatic rings. The van der Waals surface area contributed by atoms with Crippen LogP contribution in [0.1, 0.15) is 44.1 Å². The molecule has 0 unspecified atom stereocenters. The van der Waals surface area contributed by atoms with E-state index in [0.29, 0.717) is 5.92 Å². The Bertz CT molecular complexity index is 670. The van der Waals surface area contributed by atoms with Gasteiger partial charge in [-0.3, -0.25) is 0 Å². The summed E-state index contributed by atoms with van der Waals surface area (Å²) in [6, 6.07) is 8.74. The molecule has 0 aromatic heterocycles. The Morgan fingerprint density at radius 3 is 2.23 bits per heavy atom. The maximum Gasteiger partial charge on any atom is 0.166 e. The lowest BCUT2D eigenvalue weighted by molar-refractivity contribution is 0.347. The first-order chi connectivity index (χ1) is 10.6.